The number of methoxy groups -OCH3 is 1. The molecule has 19 heavy (non-hydrogen) atoms. The molecule has 0 spiro atoms. The summed E-state index contributed by atoms with van der Waals surface area (Å²) in [7, 11) is 1.62. The summed E-state index contributed by atoms with van der Waals surface area (Å²) in [5.41, 5.74) is 1.89. The Bertz CT molecular complexity index is 504. The molecular formula is C15H19ClO3. The van der Waals surface area contributed by atoms with E-state index in [0.717, 1.165) is 29.7 Å². The number of rotatable bonds is 5. The number of hydrogen-bond donors (Lipinski definition) is 1. The molecular weight excluding hydrogens is 264 g/mol. The van der Waals surface area contributed by atoms with Gasteiger partial charge in [0.15, 0.2) is 0 Å². The van der Waals surface area contributed by atoms with Crippen molar-refractivity contribution in [3.63, 3.8) is 0 Å². The van der Waals surface area contributed by atoms with Crippen LogP contribution in [0.5, 0.6) is 5.75 Å². The molecule has 1 N–H and O–H groups in total. The molecule has 1 saturated carbocycles. The van der Waals surface area contributed by atoms with Crippen molar-refractivity contribution in [1.82, 2.24) is 0 Å². The first-order chi connectivity index (χ1) is 8.89. The molecule has 0 aromatic heterocycles. The fourth-order valence-corrected chi connectivity index (χ4v) is 2.99. The smallest absolute Gasteiger partial charge is 0.304 e. The van der Waals surface area contributed by atoms with Gasteiger partial charge in [-0.3, -0.25) is 4.79 Å². The summed E-state index contributed by atoms with van der Waals surface area (Å²) in [6, 6.07) is 3.71. The van der Waals surface area contributed by atoms with Crippen LogP contribution in [-0.2, 0) is 10.2 Å². The minimum Gasteiger partial charge on any atom is -0.496 e. The molecule has 0 unspecified atom stereocenters. The topological polar surface area (TPSA) is 46.5 Å². The minimum absolute atomic E-state index is 0.163. The molecule has 1 aliphatic carbocycles. The quantitative estimate of drug-likeness (QED) is 0.888. The van der Waals surface area contributed by atoms with Gasteiger partial charge in [0, 0.05) is 16.0 Å². The Morgan fingerprint density at radius 1 is 1.47 bits per heavy atom. The largest absolute Gasteiger partial charge is 0.496 e. The molecule has 0 saturated heterocycles. The molecule has 1 aliphatic rings. The van der Waals surface area contributed by atoms with Gasteiger partial charge in [-0.05, 0) is 36.5 Å². The van der Waals surface area contributed by atoms with Crippen molar-refractivity contribution < 1.29 is 14.6 Å². The average Bonchev–Trinajstić information content (AvgIpc) is 3.07. The molecule has 3 nitrogen and oxygen atoms in total. The highest BCUT2D eigenvalue weighted by atomic mass is 35.5. The minimum atomic E-state index is -0.758. The second-order valence-electron chi connectivity index (χ2n) is 5.57. The van der Waals surface area contributed by atoms with Crippen molar-refractivity contribution >= 4 is 17.6 Å². The Labute approximate surface area is 118 Å². The van der Waals surface area contributed by atoms with Crippen LogP contribution in [0.2, 0.25) is 5.02 Å². The Morgan fingerprint density at radius 2 is 2.11 bits per heavy atom. The van der Waals surface area contributed by atoms with Crippen LogP contribution in [0.4, 0.5) is 0 Å². The fraction of sp³-hybridized carbons (Fsp3) is 0.533. The van der Waals surface area contributed by atoms with Crippen LogP contribution in [0.25, 0.3) is 0 Å². The summed E-state index contributed by atoms with van der Waals surface area (Å²) < 4.78 is 5.42. The zero-order valence-electron chi connectivity index (χ0n) is 11.5. The van der Waals surface area contributed by atoms with Gasteiger partial charge in [-0.1, -0.05) is 25.4 Å². The molecule has 0 radical (unpaired) electrons. The van der Waals surface area contributed by atoms with E-state index in [9.17, 15) is 4.79 Å². The van der Waals surface area contributed by atoms with Gasteiger partial charge in [0.25, 0.3) is 0 Å². The van der Waals surface area contributed by atoms with Crippen molar-refractivity contribution in [1.29, 1.82) is 0 Å². The molecule has 1 aromatic rings. The number of aliphatic carboxylic acids is 1. The Hall–Kier alpha value is -1.22. The van der Waals surface area contributed by atoms with Gasteiger partial charge >= 0.3 is 5.97 Å². The van der Waals surface area contributed by atoms with Crippen molar-refractivity contribution in [2.45, 2.75) is 44.4 Å². The summed E-state index contributed by atoms with van der Waals surface area (Å²) in [6.07, 6.45) is 1.97. The van der Waals surface area contributed by atoms with Gasteiger partial charge < -0.3 is 9.84 Å². The molecule has 104 valence electrons. The van der Waals surface area contributed by atoms with E-state index in [1.807, 2.05) is 6.07 Å². The van der Waals surface area contributed by atoms with Crippen LogP contribution < -0.4 is 4.74 Å². The van der Waals surface area contributed by atoms with Gasteiger partial charge in [-0.2, -0.15) is 0 Å². The highest BCUT2D eigenvalue weighted by Gasteiger charge is 2.48. The first kappa shape index (κ1) is 14.2. The molecule has 4 heteroatoms. The summed E-state index contributed by atoms with van der Waals surface area (Å²) in [6.45, 7) is 4.18. The molecule has 0 amide bonds. The summed E-state index contributed by atoms with van der Waals surface area (Å²) in [5.74, 6) is 0.272. The second kappa shape index (κ2) is 5.04. The molecule has 0 aliphatic heterocycles. The maximum Gasteiger partial charge on any atom is 0.304 e. The molecule has 0 bridgehead atoms. The molecule has 0 atom stereocenters. The summed E-state index contributed by atoms with van der Waals surface area (Å²) in [4.78, 5) is 11.1. The van der Waals surface area contributed by atoms with E-state index in [-0.39, 0.29) is 17.8 Å². The number of benzene rings is 1. The van der Waals surface area contributed by atoms with Gasteiger partial charge in [-0.15, -0.1) is 0 Å². The normalized spacial score (nSPS) is 16.5. The maximum absolute atomic E-state index is 11.1. The van der Waals surface area contributed by atoms with Crippen LogP contribution in [0.15, 0.2) is 12.1 Å². The van der Waals surface area contributed by atoms with Crippen molar-refractivity contribution in [3.05, 3.63) is 28.3 Å². The van der Waals surface area contributed by atoms with Crippen LogP contribution in [0.3, 0.4) is 0 Å². The van der Waals surface area contributed by atoms with E-state index in [0.29, 0.717) is 5.02 Å². The van der Waals surface area contributed by atoms with Crippen molar-refractivity contribution in [2.75, 3.05) is 7.11 Å². The van der Waals surface area contributed by atoms with Crippen molar-refractivity contribution in [3.8, 4) is 5.75 Å². The zero-order chi connectivity index (χ0) is 14.2. The summed E-state index contributed by atoms with van der Waals surface area (Å²) in [5, 5.41) is 9.72. The third-order valence-electron chi connectivity index (χ3n) is 3.82. The lowest BCUT2D eigenvalue weighted by Gasteiger charge is -2.23. The highest BCUT2D eigenvalue weighted by Crippen LogP contribution is 2.55. The predicted molar refractivity (Wildman–Crippen MR) is 75.3 cm³/mol. The fourth-order valence-electron chi connectivity index (χ4n) is 2.78. The SMILES string of the molecule is COc1cc(Cl)cc(C2(CC(=O)O)CC2)c1C(C)C. The van der Waals surface area contributed by atoms with Crippen molar-refractivity contribution in [2.24, 2.45) is 0 Å². The molecule has 1 aromatic carbocycles. The standard InChI is InChI=1S/C15H19ClO3/c1-9(2)14-11(6-10(16)7-12(14)19-3)15(4-5-15)8-13(17)18/h6-7,9H,4-5,8H2,1-3H3,(H,17,18). The molecule has 2 rings (SSSR count). The van der Waals surface area contributed by atoms with Gasteiger partial charge in [0.1, 0.15) is 5.75 Å². The second-order valence-corrected chi connectivity index (χ2v) is 6.01. The lowest BCUT2D eigenvalue weighted by atomic mass is 9.84. The van der Waals surface area contributed by atoms with E-state index in [4.69, 9.17) is 21.4 Å². The number of carbonyl (C=O) groups is 1. The van der Waals surface area contributed by atoms with Gasteiger partial charge in [0.2, 0.25) is 0 Å². The van der Waals surface area contributed by atoms with E-state index < -0.39 is 5.97 Å². The van der Waals surface area contributed by atoms with E-state index in [1.165, 1.54) is 0 Å². The first-order valence-electron chi connectivity index (χ1n) is 6.49. The van der Waals surface area contributed by atoms with E-state index in [1.54, 1.807) is 13.2 Å². The summed E-state index contributed by atoms with van der Waals surface area (Å²) >= 11 is 6.15. The predicted octanol–water partition coefficient (Wildman–Crippen LogP) is 3.98. The Kier molecular flexibility index (Phi) is 3.77. The molecule has 0 heterocycles. The monoisotopic (exact) mass is 282 g/mol. The number of hydrogen-bond acceptors (Lipinski definition) is 2. The number of carboxylic acids is 1. The Morgan fingerprint density at radius 3 is 2.53 bits per heavy atom. The molecule has 1 fully saturated rings. The number of carboxylic acid groups (broad SMARTS) is 1. The highest BCUT2D eigenvalue weighted by molar-refractivity contribution is 6.30. The zero-order valence-corrected chi connectivity index (χ0v) is 12.3. The Balaban J connectivity index is 2.55. The van der Waals surface area contributed by atoms with Crippen LogP contribution >= 0.6 is 11.6 Å². The average molecular weight is 283 g/mol. The van der Waals surface area contributed by atoms with Crippen LogP contribution in [0, 0.1) is 0 Å². The van der Waals surface area contributed by atoms with Crippen LogP contribution in [-0.4, -0.2) is 18.2 Å². The van der Waals surface area contributed by atoms with Crippen LogP contribution in [0.1, 0.15) is 50.2 Å². The third-order valence-corrected chi connectivity index (χ3v) is 4.04. The van der Waals surface area contributed by atoms with E-state index >= 15 is 0 Å². The van der Waals surface area contributed by atoms with E-state index in [2.05, 4.69) is 13.8 Å². The number of ether oxygens (including phenoxy) is 1. The first-order valence-corrected chi connectivity index (χ1v) is 6.87. The number of halogens is 1. The van der Waals surface area contributed by atoms with Gasteiger partial charge in [0.05, 0.1) is 13.5 Å². The lowest BCUT2D eigenvalue weighted by Crippen LogP contribution is -2.16. The lowest BCUT2D eigenvalue weighted by molar-refractivity contribution is -0.137. The van der Waals surface area contributed by atoms with Gasteiger partial charge in [-0.25, -0.2) is 0 Å². The maximum atomic E-state index is 11.1. The third kappa shape index (κ3) is 2.71.